The summed E-state index contributed by atoms with van der Waals surface area (Å²) in [5.41, 5.74) is 0. The van der Waals surface area contributed by atoms with Crippen LogP contribution >= 0.6 is 0 Å². The van der Waals surface area contributed by atoms with Crippen LogP contribution in [-0.2, 0) is 0 Å². The Balaban J connectivity index is 2.46. The molecule has 3 heteroatoms. The first-order valence-corrected chi connectivity index (χ1v) is 4.41. The van der Waals surface area contributed by atoms with Crippen LogP contribution in [0.15, 0.2) is 0 Å². The minimum absolute atomic E-state index is 0.00727. The van der Waals surface area contributed by atoms with Gasteiger partial charge in [0, 0.05) is 5.92 Å². The van der Waals surface area contributed by atoms with Crippen molar-refractivity contribution in [3.63, 3.8) is 0 Å². The van der Waals surface area contributed by atoms with Crippen molar-refractivity contribution in [3.8, 4) is 6.07 Å². The van der Waals surface area contributed by atoms with Crippen molar-refractivity contribution in [2.75, 3.05) is 0 Å². The molecule has 68 valence electrons. The first-order chi connectivity index (χ1) is 5.65. The summed E-state index contributed by atoms with van der Waals surface area (Å²) in [5, 5.41) is 27.2. The van der Waals surface area contributed by atoms with Crippen molar-refractivity contribution in [1.29, 1.82) is 5.26 Å². The smallest absolute Gasteiger partial charge is 0.0802 e. The normalized spacial score (nSPS) is 38.7. The van der Waals surface area contributed by atoms with Crippen LogP contribution in [0.4, 0.5) is 0 Å². The molecule has 0 saturated heterocycles. The van der Waals surface area contributed by atoms with Crippen molar-refractivity contribution in [3.05, 3.63) is 0 Å². The van der Waals surface area contributed by atoms with Crippen molar-refractivity contribution < 1.29 is 10.2 Å². The second kappa shape index (κ2) is 3.88. The van der Waals surface area contributed by atoms with E-state index in [4.69, 9.17) is 5.26 Å². The van der Waals surface area contributed by atoms with Gasteiger partial charge in [0.2, 0.25) is 0 Å². The van der Waals surface area contributed by atoms with E-state index in [0.717, 1.165) is 6.42 Å². The highest BCUT2D eigenvalue weighted by molar-refractivity contribution is 4.90. The van der Waals surface area contributed by atoms with Gasteiger partial charge in [0.1, 0.15) is 0 Å². The predicted molar refractivity (Wildman–Crippen MR) is 44.1 cm³/mol. The first-order valence-electron chi connectivity index (χ1n) is 4.41. The van der Waals surface area contributed by atoms with E-state index in [-0.39, 0.29) is 11.8 Å². The zero-order valence-electron chi connectivity index (χ0n) is 7.27. The Kier molecular flexibility index (Phi) is 3.07. The van der Waals surface area contributed by atoms with E-state index in [1.807, 2.05) is 6.92 Å². The molecule has 0 radical (unpaired) electrons. The molecular formula is C9H15NO2. The lowest BCUT2D eigenvalue weighted by Gasteiger charge is -2.31. The molecule has 0 amide bonds. The molecule has 12 heavy (non-hydrogen) atoms. The van der Waals surface area contributed by atoms with Gasteiger partial charge in [-0.3, -0.25) is 0 Å². The fourth-order valence-corrected chi connectivity index (χ4v) is 1.72. The summed E-state index contributed by atoms with van der Waals surface area (Å²) in [6.45, 7) is 1.87. The number of aliphatic hydroxyl groups is 2. The van der Waals surface area contributed by atoms with Gasteiger partial charge in [-0.1, -0.05) is 0 Å². The standard InChI is InChI=1S/C9H15NO2/c1-6(5-10)7-2-3-8(11)9(12)4-7/h6-9,11-12H,2-4H2,1H3. The van der Waals surface area contributed by atoms with Gasteiger partial charge in [0.05, 0.1) is 18.3 Å². The molecule has 0 aliphatic heterocycles. The van der Waals surface area contributed by atoms with Crippen LogP contribution in [0.3, 0.4) is 0 Å². The first kappa shape index (κ1) is 9.50. The highest BCUT2D eigenvalue weighted by Crippen LogP contribution is 2.29. The fraction of sp³-hybridized carbons (Fsp3) is 0.889. The van der Waals surface area contributed by atoms with Crippen LogP contribution in [0, 0.1) is 23.2 Å². The lowest BCUT2D eigenvalue weighted by atomic mass is 9.79. The lowest BCUT2D eigenvalue weighted by molar-refractivity contribution is -0.0299. The van der Waals surface area contributed by atoms with Gasteiger partial charge in [-0.05, 0) is 32.1 Å². The Morgan fingerprint density at radius 3 is 2.50 bits per heavy atom. The third-order valence-corrected chi connectivity index (χ3v) is 2.73. The zero-order valence-corrected chi connectivity index (χ0v) is 7.27. The Bertz CT molecular complexity index is 187. The van der Waals surface area contributed by atoms with Gasteiger partial charge in [-0.15, -0.1) is 0 Å². The van der Waals surface area contributed by atoms with Crippen LogP contribution in [0.1, 0.15) is 26.2 Å². The van der Waals surface area contributed by atoms with Gasteiger partial charge in [-0.25, -0.2) is 0 Å². The van der Waals surface area contributed by atoms with Crippen molar-refractivity contribution in [2.45, 2.75) is 38.4 Å². The van der Waals surface area contributed by atoms with Crippen LogP contribution in [-0.4, -0.2) is 22.4 Å². The molecule has 1 fully saturated rings. The number of hydrogen-bond acceptors (Lipinski definition) is 3. The average Bonchev–Trinajstić information content (AvgIpc) is 2.08. The van der Waals surface area contributed by atoms with Crippen LogP contribution in [0.5, 0.6) is 0 Å². The van der Waals surface area contributed by atoms with Crippen molar-refractivity contribution >= 4 is 0 Å². The highest BCUT2D eigenvalue weighted by atomic mass is 16.3. The van der Waals surface area contributed by atoms with E-state index in [9.17, 15) is 10.2 Å². The van der Waals surface area contributed by atoms with Crippen molar-refractivity contribution in [2.24, 2.45) is 11.8 Å². The molecule has 1 rings (SSSR count). The van der Waals surface area contributed by atoms with Crippen LogP contribution in [0.2, 0.25) is 0 Å². The summed E-state index contributed by atoms with van der Waals surface area (Å²) >= 11 is 0. The molecule has 2 N–H and O–H groups in total. The molecule has 0 spiro atoms. The second-order valence-corrected chi connectivity index (χ2v) is 3.63. The molecule has 3 nitrogen and oxygen atoms in total. The fourth-order valence-electron chi connectivity index (χ4n) is 1.72. The SMILES string of the molecule is CC(C#N)C1CCC(O)C(O)C1. The van der Waals surface area contributed by atoms with Gasteiger partial charge in [-0.2, -0.15) is 5.26 Å². The van der Waals surface area contributed by atoms with E-state index in [0.29, 0.717) is 12.8 Å². The minimum Gasteiger partial charge on any atom is -0.390 e. The quantitative estimate of drug-likeness (QED) is 0.606. The van der Waals surface area contributed by atoms with Crippen molar-refractivity contribution in [1.82, 2.24) is 0 Å². The van der Waals surface area contributed by atoms with E-state index < -0.39 is 12.2 Å². The maximum atomic E-state index is 9.33. The highest BCUT2D eigenvalue weighted by Gasteiger charge is 2.30. The molecule has 0 aromatic carbocycles. The van der Waals surface area contributed by atoms with E-state index >= 15 is 0 Å². The molecule has 4 atom stereocenters. The van der Waals surface area contributed by atoms with Gasteiger partial charge < -0.3 is 10.2 Å². The van der Waals surface area contributed by atoms with Gasteiger partial charge >= 0.3 is 0 Å². The maximum Gasteiger partial charge on any atom is 0.0802 e. The summed E-state index contributed by atoms with van der Waals surface area (Å²) in [5.74, 6) is 0.251. The average molecular weight is 169 g/mol. The molecular weight excluding hydrogens is 154 g/mol. The molecule has 4 unspecified atom stereocenters. The molecule has 0 aromatic rings. The molecule has 0 heterocycles. The zero-order chi connectivity index (χ0) is 9.14. The third kappa shape index (κ3) is 1.96. The number of nitrogens with zero attached hydrogens (tertiary/aromatic N) is 1. The predicted octanol–water partition coefficient (Wildman–Crippen LogP) is 0.668. The molecule has 0 aromatic heterocycles. The van der Waals surface area contributed by atoms with E-state index in [1.165, 1.54) is 0 Å². The maximum absolute atomic E-state index is 9.33. The van der Waals surface area contributed by atoms with E-state index in [2.05, 4.69) is 6.07 Å². The summed E-state index contributed by atoms with van der Waals surface area (Å²) in [6, 6.07) is 2.18. The Labute approximate surface area is 72.6 Å². The number of nitriles is 1. The Morgan fingerprint density at radius 1 is 1.33 bits per heavy atom. The largest absolute Gasteiger partial charge is 0.390 e. The monoisotopic (exact) mass is 169 g/mol. The Morgan fingerprint density at radius 2 is 2.00 bits per heavy atom. The summed E-state index contributed by atoms with van der Waals surface area (Å²) in [4.78, 5) is 0. The van der Waals surface area contributed by atoms with Crippen LogP contribution in [0.25, 0.3) is 0 Å². The van der Waals surface area contributed by atoms with Gasteiger partial charge in [0.15, 0.2) is 0 Å². The topological polar surface area (TPSA) is 64.2 Å². The lowest BCUT2D eigenvalue weighted by Crippen LogP contribution is -2.35. The number of aliphatic hydroxyl groups excluding tert-OH is 2. The summed E-state index contributed by atoms with van der Waals surface area (Å²) < 4.78 is 0. The molecule has 0 bridgehead atoms. The number of rotatable bonds is 1. The summed E-state index contributed by atoms with van der Waals surface area (Å²) in [7, 11) is 0. The second-order valence-electron chi connectivity index (χ2n) is 3.63. The molecule has 1 aliphatic rings. The Hall–Kier alpha value is -0.590. The van der Waals surface area contributed by atoms with Gasteiger partial charge in [0.25, 0.3) is 0 Å². The van der Waals surface area contributed by atoms with Crippen LogP contribution < -0.4 is 0 Å². The number of hydrogen-bond donors (Lipinski definition) is 2. The summed E-state index contributed by atoms with van der Waals surface area (Å²) in [6.07, 6.45) is 0.840. The van der Waals surface area contributed by atoms with E-state index in [1.54, 1.807) is 0 Å². The molecule has 1 saturated carbocycles. The third-order valence-electron chi connectivity index (χ3n) is 2.73. The molecule has 1 aliphatic carbocycles. The minimum atomic E-state index is -0.625.